The molecule has 0 saturated heterocycles. The molecule has 1 rings (SSSR count). The fourth-order valence-electron chi connectivity index (χ4n) is 1.50. The van der Waals surface area contributed by atoms with Gasteiger partial charge in [0.25, 0.3) is 0 Å². The minimum atomic E-state index is -4.08. The monoisotopic (exact) mass is 281 g/mol. The molecule has 0 aliphatic carbocycles. The van der Waals surface area contributed by atoms with Crippen molar-refractivity contribution < 1.29 is 18.3 Å². The van der Waals surface area contributed by atoms with Gasteiger partial charge in [0.05, 0.1) is 5.02 Å². The first-order valence-corrected chi connectivity index (χ1v) is 6.02. The summed E-state index contributed by atoms with van der Waals surface area (Å²) in [5.74, 6) is 0.0157. The summed E-state index contributed by atoms with van der Waals surface area (Å²) in [7, 11) is 0. The number of hydrogen-bond acceptors (Lipinski definition) is 2. The molecule has 0 saturated carbocycles. The van der Waals surface area contributed by atoms with Crippen molar-refractivity contribution in [1.82, 2.24) is 5.32 Å². The van der Waals surface area contributed by atoms with Crippen LogP contribution < -0.4 is 5.32 Å². The van der Waals surface area contributed by atoms with Crippen molar-refractivity contribution in [3.05, 3.63) is 28.8 Å². The maximum absolute atomic E-state index is 11.9. The molecule has 18 heavy (non-hydrogen) atoms. The summed E-state index contributed by atoms with van der Waals surface area (Å²) in [5.41, 5.74) is 0.637. The third kappa shape index (κ3) is 5.60. The molecule has 0 radical (unpaired) electrons. The van der Waals surface area contributed by atoms with Crippen molar-refractivity contribution in [3.8, 4) is 5.75 Å². The molecule has 2 nitrogen and oxygen atoms in total. The second-order valence-corrected chi connectivity index (χ2v) is 4.40. The van der Waals surface area contributed by atoms with E-state index in [1.54, 1.807) is 18.2 Å². The van der Waals surface area contributed by atoms with E-state index < -0.39 is 12.6 Å². The molecule has 0 spiro atoms. The number of hydrogen-bond donors (Lipinski definition) is 2. The van der Waals surface area contributed by atoms with E-state index in [1.807, 2.05) is 0 Å². The van der Waals surface area contributed by atoms with E-state index in [9.17, 15) is 18.3 Å². The Morgan fingerprint density at radius 3 is 2.61 bits per heavy atom. The number of aromatic hydroxyl groups is 1. The lowest BCUT2D eigenvalue weighted by atomic mass is 10.2. The number of phenols is 1. The average Bonchev–Trinajstić information content (AvgIpc) is 2.27. The van der Waals surface area contributed by atoms with Crippen LogP contribution in [-0.4, -0.2) is 17.8 Å². The van der Waals surface area contributed by atoms with E-state index in [0.29, 0.717) is 25.1 Å². The summed E-state index contributed by atoms with van der Waals surface area (Å²) in [6, 6.07) is 5.00. The lowest BCUT2D eigenvalue weighted by Crippen LogP contribution is -2.16. The van der Waals surface area contributed by atoms with E-state index >= 15 is 0 Å². The maximum Gasteiger partial charge on any atom is 0.389 e. The minimum absolute atomic E-state index is 0.0157. The van der Waals surface area contributed by atoms with Gasteiger partial charge in [0.2, 0.25) is 0 Å². The molecule has 0 unspecified atom stereocenters. The Morgan fingerprint density at radius 2 is 1.94 bits per heavy atom. The Morgan fingerprint density at radius 1 is 1.22 bits per heavy atom. The van der Waals surface area contributed by atoms with Crippen LogP contribution in [-0.2, 0) is 6.54 Å². The highest BCUT2D eigenvalue weighted by atomic mass is 35.5. The van der Waals surface area contributed by atoms with Crippen LogP contribution in [0.5, 0.6) is 5.75 Å². The molecule has 6 heteroatoms. The van der Waals surface area contributed by atoms with Crippen LogP contribution in [0, 0.1) is 0 Å². The molecule has 0 atom stereocenters. The van der Waals surface area contributed by atoms with Gasteiger partial charge in [-0.05, 0) is 25.5 Å². The summed E-state index contributed by atoms with van der Waals surface area (Å²) in [6.45, 7) is 0.862. The predicted octanol–water partition coefficient (Wildman–Crippen LogP) is 3.87. The second kappa shape index (κ2) is 6.85. The lowest BCUT2D eigenvalue weighted by molar-refractivity contribution is -0.135. The number of unbranched alkanes of at least 4 members (excludes halogenated alkanes) is 1. The smallest absolute Gasteiger partial charge is 0.389 e. The van der Waals surface area contributed by atoms with Gasteiger partial charge in [-0.3, -0.25) is 0 Å². The van der Waals surface area contributed by atoms with E-state index in [4.69, 9.17) is 11.6 Å². The third-order valence-corrected chi connectivity index (χ3v) is 2.75. The number of phenolic OH excluding ortho intramolecular Hbond substituents is 1. The first-order chi connectivity index (χ1) is 8.40. The van der Waals surface area contributed by atoms with Gasteiger partial charge in [-0.2, -0.15) is 13.2 Å². The summed E-state index contributed by atoms with van der Waals surface area (Å²) in [5, 5.41) is 12.8. The number of rotatable bonds is 6. The van der Waals surface area contributed by atoms with Gasteiger partial charge in [0.15, 0.2) is 0 Å². The zero-order chi connectivity index (χ0) is 13.6. The van der Waals surface area contributed by atoms with Crippen molar-refractivity contribution in [2.75, 3.05) is 6.54 Å². The highest BCUT2D eigenvalue weighted by Gasteiger charge is 2.25. The number of nitrogens with one attached hydrogen (secondary N) is 1. The largest absolute Gasteiger partial charge is 0.506 e. The number of halogens is 4. The Labute approximate surface area is 109 Å². The highest BCUT2D eigenvalue weighted by molar-refractivity contribution is 6.32. The zero-order valence-electron chi connectivity index (χ0n) is 9.73. The molecule has 102 valence electrons. The van der Waals surface area contributed by atoms with Gasteiger partial charge in [0.1, 0.15) is 5.75 Å². The molecule has 0 aromatic heterocycles. The van der Waals surface area contributed by atoms with Crippen molar-refractivity contribution in [3.63, 3.8) is 0 Å². The first kappa shape index (κ1) is 15.1. The molecule has 0 amide bonds. The molecule has 0 fully saturated rings. The average molecular weight is 282 g/mol. The molecular weight excluding hydrogens is 267 g/mol. The SMILES string of the molecule is Oc1c(Cl)cccc1CNCCCCC(F)(F)F. The molecule has 1 aromatic rings. The molecule has 0 heterocycles. The molecule has 0 aliphatic heterocycles. The predicted molar refractivity (Wildman–Crippen MR) is 64.7 cm³/mol. The van der Waals surface area contributed by atoms with Crippen LogP contribution in [0.15, 0.2) is 18.2 Å². The molecule has 0 bridgehead atoms. The number of benzene rings is 1. The molecule has 0 aliphatic rings. The summed E-state index contributed by atoms with van der Waals surface area (Å²) in [4.78, 5) is 0. The Balaban J connectivity index is 2.20. The van der Waals surface area contributed by atoms with Gasteiger partial charge < -0.3 is 10.4 Å². The maximum atomic E-state index is 11.9. The molecular formula is C12H15ClF3NO. The van der Waals surface area contributed by atoms with Crippen molar-refractivity contribution in [1.29, 1.82) is 0 Å². The summed E-state index contributed by atoms with van der Waals surface area (Å²) >= 11 is 5.72. The lowest BCUT2D eigenvalue weighted by Gasteiger charge is -2.08. The van der Waals surface area contributed by atoms with E-state index in [2.05, 4.69) is 5.32 Å². The normalized spacial score (nSPS) is 11.8. The van der Waals surface area contributed by atoms with Crippen LogP contribution in [0.3, 0.4) is 0 Å². The van der Waals surface area contributed by atoms with Gasteiger partial charge in [-0.1, -0.05) is 23.7 Å². The summed E-state index contributed by atoms with van der Waals surface area (Å²) in [6.07, 6.45) is -4.28. The minimum Gasteiger partial charge on any atom is -0.506 e. The van der Waals surface area contributed by atoms with E-state index in [0.717, 1.165) is 0 Å². The fourth-order valence-corrected chi connectivity index (χ4v) is 1.70. The Hall–Kier alpha value is -0.940. The van der Waals surface area contributed by atoms with Gasteiger partial charge >= 0.3 is 6.18 Å². The van der Waals surface area contributed by atoms with Crippen molar-refractivity contribution in [2.45, 2.75) is 32.0 Å². The standard InChI is InChI=1S/C12H15ClF3NO/c13-10-5-3-4-9(11(10)18)8-17-7-2-1-6-12(14,15)16/h3-5,17-18H,1-2,6-8H2. The molecule has 2 N–H and O–H groups in total. The van der Waals surface area contributed by atoms with Gasteiger partial charge in [-0.25, -0.2) is 0 Å². The third-order valence-electron chi connectivity index (χ3n) is 2.45. The quantitative estimate of drug-likeness (QED) is 0.776. The van der Waals surface area contributed by atoms with Crippen molar-refractivity contribution >= 4 is 11.6 Å². The van der Waals surface area contributed by atoms with Crippen LogP contribution in [0.2, 0.25) is 5.02 Å². The summed E-state index contributed by atoms with van der Waals surface area (Å²) < 4.78 is 35.6. The zero-order valence-corrected chi connectivity index (χ0v) is 10.5. The van der Waals surface area contributed by atoms with Gasteiger partial charge in [0, 0.05) is 18.5 Å². The topological polar surface area (TPSA) is 32.3 Å². The van der Waals surface area contributed by atoms with Crippen LogP contribution in [0.1, 0.15) is 24.8 Å². The first-order valence-electron chi connectivity index (χ1n) is 5.64. The number of alkyl halides is 3. The second-order valence-electron chi connectivity index (χ2n) is 4.00. The van der Waals surface area contributed by atoms with E-state index in [-0.39, 0.29) is 17.2 Å². The highest BCUT2D eigenvalue weighted by Crippen LogP contribution is 2.26. The van der Waals surface area contributed by atoms with Crippen LogP contribution >= 0.6 is 11.6 Å². The van der Waals surface area contributed by atoms with Crippen LogP contribution in [0.4, 0.5) is 13.2 Å². The molecule has 1 aromatic carbocycles. The fraction of sp³-hybridized carbons (Fsp3) is 0.500. The van der Waals surface area contributed by atoms with Crippen LogP contribution in [0.25, 0.3) is 0 Å². The van der Waals surface area contributed by atoms with Gasteiger partial charge in [-0.15, -0.1) is 0 Å². The van der Waals surface area contributed by atoms with E-state index in [1.165, 1.54) is 0 Å². The van der Waals surface area contributed by atoms with Crippen molar-refractivity contribution in [2.24, 2.45) is 0 Å². The Kier molecular flexibility index (Phi) is 5.75. The Bertz CT molecular complexity index is 382. The number of para-hydroxylation sites is 1.